The number of alkyl carbamates (subject to hydrolysis) is 1. The molecule has 0 saturated heterocycles. The number of carboxylic acid groups (broad SMARTS) is 1. The SMILES string of the molecule is CC(CNC(=O)OCC1c2ccccc2-c2ccccc21)CC(=O)NCC1CCCC1C(=O)O. The van der Waals surface area contributed by atoms with E-state index < -0.39 is 12.1 Å². The molecule has 0 heterocycles. The molecule has 2 aromatic rings. The predicted octanol–water partition coefficient (Wildman–Crippen LogP) is 4.17. The minimum Gasteiger partial charge on any atom is -0.481 e. The molecule has 7 heteroatoms. The number of ether oxygens (including phenoxy) is 1. The summed E-state index contributed by atoms with van der Waals surface area (Å²) in [6, 6.07) is 16.4. The number of carbonyl (C=O) groups is 3. The third kappa shape index (κ3) is 5.41. The van der Waals surface area contributed by atoms with Gasteiger partial charge in [0.1, 0.15) is 6.61 Å². The summed E-state index contributed by atoms with van der Waals surface area (Å²) in [6.45, 7) is 2.85. The molecule has 3 unspecified atom stereocenters. The fraction of sp³-hybridized carbons (Fsp3) is 0.444. The van der Waals surface area contributed by atoms with Crippen molar-refractivity contribution in [1.82, 2.24) is 10.6 Å². The summed E-state index contributed by atoms with van der Waals surface area (Å²) in [5.74, 6) is -1.34. The van der Waals surface area contributed by atoms with Gasteiger partial charge in [-0.25, -0.2) is 4.79 Å². The zero-order valence-corrected chi connectivity index (χ0v) is 19.5. The maximum absolute atomic E-state index is 12.3. The summed E-state index contributed by atoms with van der Waals surface area (Å²) in [6.07, 6.45) is 2.16. The number of carbonyl (C=O) groups excluding carboxylic acids is 2. The second kappa shape index (κ2) is 10.7. The molecule has 3 N–H and O–H groups in total. The van der Waals surface area contributed by atoms with E-state index in [1.165, 1.54) is 11.1 Å². The number of hydrogen-bond donors (Lipinski definition) is 3. The van der Waals surface area contributed by atoms with E-state index in [4.69, 9.17) is 4.74 Å². The standard InChI is InChI=1S/C27H32N2O5/c1-17(13-25(30)28-15-18-7-6-12-19(18)26(31)32)14-29-27(33)34-16-24-22-10-4-2-8-20(22)21-9-3-5-11-23(21)24/h2-5,8-11,17-19,24H,6-7,12-16H2,1H3,(H,28,30)(H,29,33)(H,31,32). The Labute approximate surface area is 199 Å². The molecule has 1 fully saturated rings. The molecule has 180 valence electrons. The summed E-state index contributed by atoms with van der Waals surface area (Å²) < 4.78 is 5.54. The maximum Gasteiger partial charge on any atom is 0.407 e. The van der Waals surface area contributed by atoms with E-state index >= 15 is 0 Å². The van der Waals surface area contributed by atoms with Crippen LogP contribution in [-0.4, -0.2) is 42.8 Å². The molecular formula is C27H32N2O5. The number of hydrogen-bond acceptors (Lipinski definition) is 4. The molecular weight excluding hydrogens is 432 g/mol. The Bertz CT molecular complexity index is 1010. The van der Waals surface area contributed by atoms with E-state index in [0.717, 1.165) is 24.0 Å². The van der Waals surface area contributed by atoms with Crippen LogP contribution in [0.2, 0.25) is 0 Å². The molecule has 2 amide bonds. The fourth-order valence-electron chi connectivity index (χ4n) is 5.22. The zero-order chi connectivity index (χ0) is 24.1. The Morgan fingerprint density at radius 1 is 1.00 bits per heavy atom. The maximum atomic E-state index is 12.3. The molecule has 34 heavy (non-hydrogen) atoms. The van der Waals surface area contributed by atoms with Crippen molar-refractivity contribution in [2.75, 3.05) is 19.7 Å². The van der Waals surface area contributed by atoms with Gasteiger partial charge in [0.2, 0.25) is 5.91 Å². The Hall–Kier alpha value is -3.35. The van der Waals surface area contributed by atoms with Crippen LogP contribution < -0.4 is 10.6 Å². The first-order valence-corrected chi connectivity index (χ1v) is 12.0. The van der Waals surface area contributed by atoms with Crippen LogP contribution in [0.3, 0.4) is 0 Å². The Morgan fingerprint density at radius 3 is 2.29 bits per heavy atom. The first kappa shape index (κ1) is 23.8. The van der Waals surface area contributed by atoms with Crippen LogP contribution in [0.5, 0.6) is 0 Å². The van der Waals surface area contributed by atoms with Gasteiger partial charge in [0.05, 0.1) is 5.92 Å². The summed E-state index contributed by atoms with van der Waals surface area (Å²) in [5.41, 5.74) is 4.68. The summed E-state index contributed by atoms with van der Waals surface area (Å²) in [5, 5.41) is 14.9. The van der Waals surface area contributed by atoms with Crippen LogP contribution in [0.15, 0.2) is 48.5 Å². The van der Waals surface area contributed by atoms with Gasteiger partial charge >= 0.3 is 12.1 Å². The first-order chi connectivity index (χ1) is 16.4. The molecule has 0 bridgehead atoms. The van der Waals surface area contributed by atoms with Crippen LogP contribution in [0.1, 0.15) is 49.7 Å². The van der Waals surface area contributed by atoms with Crippen LogP contribution >= 0.6 is 0 Å². The van der Waals surface area contributed by atoms with Crippen molar-refractivity contribution in [3.8, 4) is 11.1 Å². The minimum absolute atomic E-state index is 0.00397. The molecule has 2 aromatic carbocycles. The number of benzene rings is 2. The van der Waals surface area contributed by atoms with Crippen molar-refractivity contribution in [1.29, 1.82) is 0 Å². The average molecular weight is 465 g/mol. The Morgan fingerprint density at radius 2 is 1.65 bits per heavy atom. The van der Waals surface area contributed by atoms with Gasteiger partial charge in [0.15, 0.2) is 0 Å². The predicted molar refractivity (Wildman–Crippen MR) is 128 cm³/mol. The highest BCUT2D eigenvalue weighted by molar-refractivity contribution is 5.79. The number of aliphatic carboxylic acids is 1. The second-order valence-electron chi connectivity index (χ2n) is 9.46. The van der Waals surface area contributed by atoms with Gasteiger partial charge in [0, 0.05) is 25.4 Å². The number of nitrogens with one attached hydrogen (secondary N) is 2. The lowest BCUT2D eigenvalue weighted by Gasteiger charge is -2.18. The smallest absolute Gasteiger partial charge is 0.407 e. The van der Waals surface area contributed by atoms with Crippen molar-refractivity contribution in [2.45, 2.75) is 38.5 Å². The van der Waals surface area contributed by atoms with E-state index in [-0.39, 0.29) is 42.6 Å². The van der Waals surface area contributed by atoms with Crippen LogP contribution in [0.25, 0.3) is 11.1 Å². The van der Waals surface area contributed by atoms with Gasteiger partial charge < -0.3 is 20.5 Å². The lowest BCUT2D eigenvalue weighted by Crippen LogP contribution is -2.36. The van der Waals surface area contributed by atoms with Crippen molar-refractivity contribution < 1.29 is 24.2 Å². The first-order valence-electron chi connectivity index (χ1n) is 12.0. The third-order valence-corrected chi connectivity index (χ3v) is 7.01. The van der Waals surface area contributed by atoms with E-state index in [9.17, 15) is 19.5 Å². The van der Waals surface area contributed by atoms with E-state index in [1.807, 2.05) is 31.2 Å². The lowest BCUT2D eigenvalue weighted by atomic mass is 9.96. The zero-order valence-electron chi connectivity index (χ0n) is 19.5. The molecule has 0 aromatic heterocycles. The molecule has 0 spiro atoms. The molecule has 7 nitrogen and oxygen atoms in total. The highest BCUT2D eigenvalue weighted by atomic mass is 16.5. The number of carboxylic acids is 1. The minimum atomic E-state index is -0.780. The van der Waals surface area contributed by atoms with Gasteiger partial charge in [-0.1, -0.05) is 61.9 Å². The van der Waals surface area contributed by atoms with Gasteiger partial charge in [-0.05, 0) is 46.9 Å². The van der Waals surface area contributed by atoms with Crippen LogP contribution in [-0.2, 0) is 14.3 Å². The largest absolute Gasteiger partial charge is 0.481 e. The Balaban J connectivity index is 1.19. The summed E-state index contributed by atoms with van der Waals surface area (Å²) in [7, 11) is 0. The fourth-order valence-corrected chi connectivity index (χ4v) is 5.22. The van der Waals surface area contributed by atoms with E-state index in [2.05, 4.69) is 34.9 Å². The third-order valence-electron chi connectivity index (χ3n) is 7.01. The van der Waals surface area contributed by atoms with Gasteiger partial charge in [-0.15, -0.1) is 0 Å². The second-order valence-corrected chi connectivity index (χ2v) is 9.46. The van der Waals surface area contributed by atoms with Crippen molar-refractivity contribution in [3.63, 3.8) is 0 Å². The van der Waals surface area contributed by atoms with Gasteiger partial charge in [0.25, 0.3) is 0 Å². The van der Waals surface area contributed by atoms with Crippen LogP contribution in [0.4, 0.5) is 4.79 Å². The average Bonchev–Trinajstić information content (AvgIpc) is 3.43. The molecule has 2 aliphatic rings. The molecule has 0 aliphatic heterocycles. The lowest BCUT2D eigenvalue weighted by molar-refractivity contribution is -0.143. The highest BCUT2D eigenvalue weighted by Crippen LogP contribution is 2.44. The topological polar surface area (TPSA) is 105 Å². The van der Waals surface area contributed by atoms with Gasteiger partial charge in [-0.2, -0.15) is 0 Å². The number of rotatable bonds is 9. The molecule has 3 atom stereocenters. The van der Waals surface area contributed by atoms with Gasteiger partial charge in [-0.3, -0.25) is 9.59 Å². The number of fused-ring (bicyclic) bond motifs is 3. The highest BCUT2D eigenvalue weighted by Gasteiger charge is 2.33. The van der Waals surface area contributed by atoms with E-state index in [0.29, 0.717) is 19.5 Å². The molecule has 4 rings (SSSR count). The molecule has 2 aliphatic carbocycles. The van der Waals surface area contributed by atoms with Crippen LogP contribution in [0, 0.1) is 17.8 Å². The number of amides is 2. The monoisotopic (exact) mass is 464 g/mol. The Kier molecular flexibility index (Phi) is 7.50. The van der Waals surface area contributed by atoms with E-state index in [1.54, 1.807) is 0 Å². The summed E-state index contributed by atoms with van der Waals surface area (Å²) in [4.78, 5) is 35.9. The quantitative estimate of drug-likeness (QED) is 0.517. The van der Waals surface area contributed by atoms with Crippen molar-refractivity contribution in [3.05, 3.63) is 59.7 Å². The molecule has 1 saturated carbocycles. The van der Waals surface area contributed by atoms with Crippen molar-refractivity contribution in [2.24, 2.45) is 17.8 Å². The summed E-state index contributed by atoms with van der Waals surface area (Å²) >= 11 is 0. The normalized spacial score (nSPS) is 19.7. The van der Waals surface area contributed by atoms with Crippen molar-refractivity contribution >= 4 is 18.0 Å². The molecule has 0 radical (unpaired) electrons.